The summed E-state index contributed by atoms with van der Waals surface area (Å²) in [4.78, 5) is 13.1. The summed E-state index contributed by atoms with van der Waals surface area (Å²) < 4.78 is 13.0. The van der Waals surface area contributed by atoms with Crippen molar-refractivity contribution in [1.82, 2.24) is 0 Å². The Hall–Kier alpha value is -1.38. The van der Waals surface area contributed by atoms with Gasteiger partial charge in [-0.1, -0.05) is 0 Å². The Labute approximate surface area is 95.1 Å². The molecule has 3 heteroatoms. The third-order valence-corrected chi connectivity index (χ3v) is 3.01. The number of aldehydes is 1. The molecule has 0 N–H and O–H groups in total. The molecule has 1 aliphatic rings. The summed E-state index contributed by atoms with van der Waals surface area (Å²) in [6.07, 6.45) is 3.27. The first-order valence-electron chi connectivity index (χ1n) is 5.74. The maximum absolute atomic E-state index is 13.0. The Morgan fingerprint density at radius 1 is 1.50 bits per heavy atom. The second kappa shape index (κ2) is 4.64. The van der Waals surface area contributed by atoms with E-state index in [1.165, 1.54) is 25.0 Å². The first-order valence-corrected chi connectivity index (χ1v) is 5.74. The molecule has 0 saturated heterocycles. The van der Waals surface area contributed by atoms with Gasteiger partial charge in [0.15, 0.2) is 6.29 Å². The van der Waals surface area contributed by atoms with Crippen molar-refractivity contribution < 1.29 is 9.18 Å². The van der Waals surface area contributed by atoms with Crippen molar-refractivity contribution in [2.24, 2.45) is 5.92 Å². The van der Waals surface area contributed by atoms with Crippen molar-refractivity contribution in [3.8, 4) is 0 Å². The topological polar surface area (TPSA) is 20.3 Å². The summed E-state index contributed by atoms with van der Waals surface area (Å²) >= 11 is 0. The van der Waals surface area contributed by atoms with Gasteiger partial charge in [0, 0.05) is 24.3 Å². The zero-order valence-corrected chi connectivity index (χ0v) is 9.45. The number of nitrogens with zero attached hydrogens (tertiary/aromatic N) is 1. The van der Waals surface area contributed by atoms with Gasteiger partial charge < -0.3 is 4.90 Å². The van der Waals surface area contributed by atoms with Gasteiger partial charge in [0.25, 0.3) is 0 Å². The molecule has 0 aromatic heterocycles. The van der Waals surface area contributed by atoms with Crippen molar-refractivity contribution in [3.05, 3.63) is 29.6 Å². The van der Waals surface area contributed by atoms with Gasteiger partial charge in [-0.2, -0.15) is 0 Å². The Bertz CT molecular complexity index is 388. The van der Waals surface area contributed by atoms with Gasteiger partial charge in [-0.25, -0.2) is 4.39 Å². The summed E-state index contributed by atoms with van der Waals surface area (Å²) in [7, 11) is 0. The van der Waals surface area contributed by atoms with E-state index in [0.29, 0.717) is 5.56 Å². The van der Waals surface area contributed by atoms with Gasteiger partial charge in [-0.3, -0.25) is 4.79 Å². The first kappa shape index (κ1) is 11.1. The quantitative estimate of drug-likeness (QED) is 0.712. The van der Waals surface area contributed by atoms with Crippen LogP contribution >= 0.6 is 0 Å². The molecule has 0 radical (unpaired) electrons. The van der Waals surface area contributed by atoms with E-state index in [-0.39, 0.29) is 5.82 Å². The predicted octanol–water partition coefficient (Wildman–Crippen LogP) is 2.87. The Kier molecular flexibility index (Phi) is 3.22. The van der Waals surface area contributed by atoms with E-state index in [2.05, 4.69) is 11.8 Å². The van der Waals surface area contributed by atoms with Gasteiger partial charge in [-0.15, -0.1) is 0 Å². The molecule has 0 amide bonds. The molecule has 0 atom stereocenters. The van der Waals surface area contributed by atoms with Crippen LogP contribution < -0.4 is 4.90 Å². The highest BCUT2D eigenvalue weighted by atomic mass is 19.1. The van der Waals surface area contributed by atoms with E-state index < -0.39 is 0 Å². The summed E-state index contributed by atoms with van der Waals surface area (Å²) in [6.45, 7) is 3.88. The largest absolute Gasteiger partial charge is 0.371 e. The number of benzene rings is 1. The highest BCUT2D eigenvalue weighted by Crippen LogP contribution is 2.32. The maximum Gasteiger partial charge on any atom is 0.152 e. The van der Waals surface area contributed by atoms with Crippen LogP contribution in [0.25, 0.3) is 0 Å². The molecule has 0 spiro atoms. The average molecular weight is 221 g/mol. The van der Waals surface area contributed by atoms with Crippen LogP contribution in [-0.4, -0.2) is 19.4 Å². The lowest BCUT2D eigenvalue weighted by Gasteiger charge is -2.24. The molecule has 0 bridgehead atoms. The molecule has 1 aliphatic carbocycles. The van der Waals surface area contributed by atoms with E-state index in [9.17, 15) is 9.18 Å². The highest BCUT2D eigenvalue weighted by molar-refractivity contribution is 5.84. The Balaban J connectivity index is 2.24. The van der Waals surface area contributed by atoms with E-state index in [4.69, 9.17) is 0 Å². The lowest BCUT2D eigenvalue weighted by atomic mass is 10.1. The lowest BCUT2D eigenvalue weighted by molar-refractivity contribution is 0.112. The van der Waals surface area contributed by atoms with E-state index in [1.807, 2.05) is 0 Å². The van der Waals surface area contributed by atoms with Crippen LogP contribution in [0.5, 0.6) is 0 Å². The summed E-state index contributed by atoms with van der Waals surface area (Å²) in [5.74, 6) is 0.401. The first-order chi connectivity index (χ1) is 7.74. The van der Waals surface area contributed by atoms with E-state index in [1.54, 1.807) is 6.07 Å². The molecule has 1 saturated carbocycles. The summed E-state index contributed by atoms with van der Waals surface area (Å²) in [6, 6.07) is 4.42. The molecule has 16 heavy (non-hydrogen) atoms. The van der Waals surface area contributed by atoms with Crippen molar-refractivity contribution in [2.45, 2.75) is 19.8 Å². The van der Waals surface area contributed by atoms with Crippen LogP contribution in [0.2, 0.25) is 0 Å². The van der Waals surface area contributed by atoms with Crippen LogP contribution in [0.4, 0.5) is 10.1 Å². The molecule has 2 rings (SSSR count). The van der Waals surface area contributed by atoms with Crippen molar-refractivity contribution >= 4 is 12.0 Å². The standard InChI is InChI=1S/C13H16FNO/c1-2-15(8-10-3-4-10)13-6-5-12(14)7-11(13)9-16/h5-7,9-10H,2-4,8H2,1H3. The highest BCUT2D eigenvalue weighted by Gasteiger charge is 2.24. The minimum Gasteiger partial charge on any atom is -0.371 e. The fourth-order valence-electron chi connectivity index (χ4n) is 1.92. The van der Waals surface area contributed by atoms with Crippen molar-refractivity contribution in [2.75, 3.05) is 18.0 Å². The maximum atomic E-state index is 13.0. The third-order valence-electron chi connectivity index (χ3n) is 3.01. The molecule has 1 fully saturated rings. The minimum absolute atomic E-state index is 0.353. The number of carbonyl (C=O) groups excluding carboxylic acids is 1. The fourth-order valence-corrected chi connectivity index (χ4v) is 1.92. The monoisotopic (exact) mass is 221 g/mol. The average Bonchev–Trinajstić information content (AvgIpc) is 3.10. The van der Waals surface area contributed by atoms with Crippen LogP contribution in [0.15, 0.2) is 18.2 Å². The van der Waals surface area contributed by atoms with Crippen molar-refractivity contribution in [3.63, 3.8) is 0 Å². The van der Waals surface area contributed by atoms with E-state index >= 15 is 0 Å². The van der Waals surface area contributed by atoms with Gasteiger partial charge in [-0.05, 0) is 43.9 Å². The SMILES string of the molecule is CCN(CC1CC1)c1ccc(F)cc1C=O. The molecule has 86 valence electrons. The molecule has 0 unspecified atom stereocenters. The molecular weight excluding hydrogens is 205 g/mol. The lowest BCUT2D eigenvalue weighted by Crippen LogP contribution is -2.26. The molecule has 2 nitrogen and oxygen atoms in total. The number of hydrogen-bond donors (Lipinski definition) is 0. The van der Waals surface area contributed by atoms with Gasteiger partial charge >= 0.3 is 0 Å². The predicted molar refractivity (Wildman–Crippen MR) is 62.4 cm³/mol. The second-order valence-electron chi connectivity index (χ2n) is 4.30. The second-order valence-corrected chi connectivity index (χ2v) is 4.30. The molecule has 0 heterocycles. The minimum atomic E-state index is -0.353. The van der Waals surface area contributed by atoms with Crippen molar-refractivity contribution in [1.29, 1.82) is 0 Å². The number of carbonyl (C=O) groups is 1. The zero-order valence-electron chi connectivity index (χ0n) is 9.45. The normalized spacial score (nSPS) is 14.9. The Morgan fingerprint density at radius 3 is 2.81 bits per heavy atom. The number of hydrogen-bond acceptors (Lipinski definition) is 2. The zero-order chi connectivity index (χ0) is 11.5. The number of rotatable bonds is 5. The van der Waals surface area contributed by atoms with Crippen LogP contribution in [0, 0.1) is 11.7 Å². The number of halogens is 1. The van der Waals surface area contributed by atoms with Crippen LogP contribution in [0.3, 0.4) is 0 Å². The van der Waals surface area contributed by atoms with Crippen LogP contribution in [-0.2, 0) is 0 Å². The third kappa shape index (κ3) is 2.40. The Morgan fingerprint density at radius 2 is 2.25 bits per heavy atom. The van der Waals surface area contributed by atoms with E-state index in [0.717, 1.165) is 31.0 Å². The number of anilines is 1. The summed E-state index contributed by atoms with van der Waals surface area (Å²) in [5, 5.41) is 0. The molecule has 1 aromatic carbocycles. The van der Waals surface area contributed by atoms with Gasteiger partial charge in [0.05, 0.1) is 0 Å². The molecule has 0 aliphatic heterocycles. The molecule has 1 aromatic rings. The van der Waals surface area contributed by atoms with Gasteiger partial charge in [0.1, 0.15) is 5.82 Å². The van der Waals surface area contributed by atoms with Crippen LogP contribution in [0.1, 0.15) is 30.1 Å². The smallest absolute Gasteiger partial charge is 0.152 e. The fraction of sp³-hybridized carbons (Fsp3) is 0.462. The summed E-state index contributed by atoms with van der Waals surface area (Å²) in [5.41, 5.74) is 1.30. The molecular formula is C13H16FNO. The van der Waals surface area contributed by atoms with Gasteiger partial charge in [0.2, 0.25) is 0 Å².